The molecule has 0 bridgehead atoms. The number of furan rings is 1. The van der Waals surface area contributed by atoms with Crippen molar-refractivity contribution >= 4 is 41.2 Å². The van der Waals surface area contributed by atoms with Crippen LogP contribution in [0.4, 0.5) is 10.6 Å². The molecule has 3 aromatic rings. The summed E-state index contributed by atoms with van der Waals surface area (Å²) in [5, 5.41) is 7.36. The lowest BCUT2D eigenvalue weighted by molar-refractivity contribution is -0.125. The highest BCUT2D eigenvalue weighted by Crippen LogP contribution is 2.26. The average Bonchev–Trinajstić information content (AvgIpc) is 3.37. The van der Waals surface area contributed by atoms with Crippen molar-refractivity contribution in [3.05, 3.63) is 53.3 Å². The first-order valence-corrected chi connectivity index (χ1v) is 10.5. The summed E-state index contributed by atoms with van der Waals surface area (Å²) in [5.41, 5.74) is 7.89. The molecule has 0 spiro atoms. The third kappa shape index (κ3) is 6.12. The first kappa shape index (κ1) is 25.2. The zero-order valence-electron chi connectivity index (χ0n) is 19.5. The van der Waals surface area contributed by atoms with Crippen LogP contribution in [0.1, 0.15) is 34.1 Å². The van der Waals surface area contributed by atoms with E-state index in [0.717, 1.165) is 16.9 Å². The second-order valence-electron chi connectivity index (χ2n) is 7.63. The van der Waals surface area contributed by atoms with E-state index < -0.39 is 18.0 Å². The Kier molecular flexibility index (Phi) is 8.00. The molecule has 184 valence electrons. The number of nitrogens with zero attached hydrogens (tertiary/aromatic N) is 2. The highest BCUT2D eigenvalue weighted by molar-refractivity contribution is 5.98. The Morgan fingerprint density at radius 3 is 2.71 bits per heavy atom. The standard InChI is InChI=1S/C13H15N5O4.C10H11NO2/c1-15-7(5-12(20)16-6-19)10-4-8-9(22-10)2-3-11(17-8)18-13(14)21;1-11-6-7-3-4-8(13-2)5-9(7)10(11)12/h2-4,6-7,15H,5H2,1H3,(H,16,19,20)(H3,14,17,18,21);3-5H,6H2,1-2H3. The molecule has 1 aromatic carbocycles. The monoisotopic (exact) mass is 482 g/mol. The number of rotatable bonds is 7. The number of carbonyl (C=O) groups is 4. The molecule has 1 aliphatic heterocycles. The molecule has 0 saturated heterocycles. The predicted octanol–water partition coefficient (Wildman–Crippen LogP) is 1.52. The number of hydrogen-bond acceptors (Lipinski definition) is 8. The Labute approximate surface area is 200 Å². The highest BCUT2D eigenvalue weighted by atomic mass is 16.5. The Balaban J connectivity index is 0.000000223. The normalized spacial score (nSPS) is 12.9. The van der Waals surface area contributed by atoms with Crippen LogP contribution in [0.25, 0.3) is 11.1 Å². The summed E-state index contributed by atoms with van der Waals surface area (Å²) in [6.07, 6.45) is 0.360. The Morgan fingerprint density at radius 1 is 1.29 bits per heavy atom. The van der Waals surface area contributed by atoms with E-state index in [0.29, 0.717) is 35.6 Å². The van der Waals surface area contributed by atoms with Gasteiger partial charge >= 0.3 is 6.03 Å². The molecule has 0 fully saturated rings. The number of amides is 5. The van der Waals surface area contributed by atoms with Crippen molar-refractivity contribution in [3.8, 4) is 5.75 Å². The topological polar surface area (TPSA) is 169 Å². The van der Waals surface area contributed by atoms with Gasteiger partial charge in [-0.3, -0.25) is 25.0 Å². The number of methoxy groups -OCH3 is 1. The van der Waals surface area contributed by atoms with Gasteiger partial charge in [0.2, 0.25) is 12.3 Å². The summed E-state index contributed by atoms with van der Waals surface area (Å²) in [7, 11) is 5.07. The maximum absolute atomic E-state index is 11.5. The molecule has 35 heavy (non-hydrogen) atoms. The number of carbonyl (C=O) groups excluding carboxylic acids is 4. The lowest BCUT2D eigenvalue weighted by Gasteiger charge is -2.11. The van der Waals surface area contributed by atoms with Crippen LogP contribution < -0.4 is 26.4 Å². The van der Waals surface area contributed by atoms with Crippen LogP contribution in [0.2, 0.25) is 0 Å². The zero-order valence-corrected chi connectivity index (χ0v) is 19.5. The Hall–Kier alpha value is -4.45. The minimum Gasteiger partial charge on any atom is -0.497 e. The zero-order chi connectivity index (χ0) is 25.5. The van der Waals surface area contributed by atoms with Crippen LogP contribution in [0.15, 0.2) is 40.8 Å². The van der Waals surface area contributed by atoms with Gasteiger partial charge in [0, 0.05) is 31.6 Å². The predicted molar refractivity (Wildman–Crippen MR) is 127 cm³/mol. The first-order chi connectivity index (χ1) is 16.7. The molecule has 5 amide bonds. The first-order valence-electron chi connectivity index (χ1n) is 10.5. The number of aromatic nitrogens is 1. The van der Waals surface area contributed by atoms with E-state index in [9.17, 15) is 19.2 Å². The number of urea groups is 1. The van der Waals surface area contributed by atoms with Crippen molar-refractivity contribution in [1.29, 1.82) is 0 Å². The van der Waals surface area contributed by atoms with E-state index in [4.69, 9.17) is 14.9 Å². The van der Waals surface area contributed by atoms with Gasteiger partial charge in [-0.15, -0.1) is 0 Å². The average molecular weight is 482 g/mol. The summed E-state index contributed by atoms with van der Waals surface area (Å²) in [5.74, 6) is 1.17. The van der Waals surface area contributed by atoms with Gasteiger partial charge in [0.15, 0.2) is 5.58 Å². The van der Waals surface area contributed by atoms with Gasteiger partial charge < -0.3 is 25.1 Å². The second-order valence-corrected chi connectivity index (χ2v) is 7.63. The Bertz CT molecular complexity index is 1260. The van der Waals surface area contributed by atoms with Crippen molar-refractivity contribution in [1.82, 2.24) is 20.5 Å². The van der Waals surface area contributed by atoms with E-state index in [1.54, 1.807) is 50.4 Å². The number of pyridine rings is 1. The molecule has 2 aromatic heterocycles. The summed E-state index contributed by atoms with van der Waals surface area (Å²) < 4.78 is 10.7. The van der Waals surface area contributed by atoms with Gasteiger partial charge in [0.25, 0.3) is 5.91 Å². The summed E-state index contributed by atoms with van der Waals surface area (Å²) in [6.45, 7) is 0.707. The maximum Gasteiger partial charge on any atom is 0.317 e. The van der Waals surface area contributed by atoms with E-state index >= 15 is 0 Å². The highest BCUT2D eigenvalue weighted by Gasteiger charge is 2.24. The van der Waals surface area contributed by atoms with Crippen LogP contribution in [0, 0.1) is 0 Å². The minimum absolute atomic E-state index is 0.0292. The summed E-state index contributed by atoms with van der Waals surface area (Å²) in [4.78, 5) is 50.0. The van der Waals surface area contributed by atoms with Crippen molar-refractivity contribution in [3.63, 3.8) is 0 Å². The number of anilines is 1. The van der Waals surface area contributed by atoms with Crippen molar-refractivity contribution < 1.29 is 28.3 Å². The molecular formula is C23H26N6O6. The van der Waals surface area contributed by atoms with Crippen LogP contribution >= 0.6 is 0 Å². The number of nitrogens with two attached hydrogens (primary N) is 1. The van der Waals surface area contributed by atoms with E-state index in [1.807, 2.05) is 12.1 Å². The molecule has 1 unspecified atom stereocenters. The van der Waals surface area contributed by atoms with Gasteiger partial charge in [0.1, 0.15) is 22.8 Å². The fourth-order valence-corrected chi connectivity index (χ4v) is 3.52. The van der Waals surface area contributed by atoms with Crippen molar-refractivity contribution in [2.24, 2.45) is 5.73 Å². The number of nitrogens with one attached hydrogen (secondary N) is 3. The Morgan fingerprint density at radius 2 is 2.06 bits per heavy atom. The number of imide groups is 1. The minimum atomic E-state index is -0.714. The summed E-state index contributed by atoms with van der Waals surface area (Å²) in [6, 6.07) is 9.32. The number of fused-ring (bicyclic) bond motifs is 2. The van der Waals surface area contributed by atoms with Gasteiger partial charge in [-0.25, -0.2) is 9.78 Å². The number of benzene rings is 1. The lowest BCUT2D eigenvalue weighted by Crippen LogP contribution is -2.27. The molecule has 3 heterocycles. The molecular weight excluding hydrogens is 456 g/mol. The molecule has 0 saturated carbocycles. The van der Waals surface area contributed by atoms with Gasteiger partial charge in [-0.1, -0.05) is 6.07 Å². The van der Waals surface area contributed by atoms with E-state index in [2.05, 4.69) is 20.9 Å². The smallest absolute Gasteiger partial charge is 0.317 e. The third-order valence-corrected chi connectivity index (χ3v) is 5.25. The maximum atomic E-state index is 11.5. The van der Waals surface area contributed by atoms with Gasteiger partial charge in [-0.05, 0) is 36.9 Å². The molecule has 12 nitrogen and oxygen atoms in total. The number of hydrogen-bond donors (Lipinski definition) is 4. The van der Waals surface area contributed by atoms with E-state index in [1.165, 1.54) is 0 Å². The summed E-state index contributed by atoms with van der Waals surface area (Å²) >= 11 is 0. The van der Waals surface area contributed by atoms with Crippen molar-refractivity contribution in [2.75, 3.05) is 26.5 Å². The van der Waals surface area contributed by atoms with E-state index in [-0.39, 0.29) is 12.3 Å². The quantitative estimate of drug-likeness (QED) is 0.367. The molecule has 5 N–H and O–H groups in total. The van der Waals surface area contributed by atoms with Gasteiger partial charge in [-0.2, -0.15) is 0 Å². The molecule has 4 rings (SSSR count). The molecule has 0 aliphatic carbocycles. The molecule has 1 atom stereocenters. The number of primary amides is 1. The van der Waals surface area contributed by atoms with Crippen molar-refractivity contribution in [2.45, 2.75) is 19.0 Å². The second kappa shape index (κ2) is 11.1. The van der Waals surface area contributed by atoms with Crippen LogP contribution in [0.5, 0.6) is 5.75 Å². The lowest BCUT2D eigenvalue weighted by atomic mass is 10.1. The number of ether oxygens (including phenoxy) is 1. The third-order valence-electron chi connectivity index (χ3n) is 5.25. The van der Waals surface area contributed by atoms with Crippen LogP contribution in [0.3, 0.4) is 0 Å². The molecule has 12 heteroatoms. The van der Waals surface area contributed by atoms with Crippen LogP contribution in [-0.4, -0.2) is 55.3 Å². The van der Waals surface area contributed by atoms with Crippen LogP contribution in [-0.2, 0) is 16.1 Å². The fourth-order valence-electron chi connectivity index (χ4n) is 3.52. The molecule has 0 radical (unpaired) electrons. The SMILES string of the molecule is CNC(CC(=O)NC=O)c1cc2nc(NC(N)=O)ccc2o1.COc1ccc2c(c1)C(=O)N(C)C2. The largest absolute Gasteiger partial charge is 0.497 e. The van der Waals surface area contributed by atoms with Gasteiger partial charge in [0.05, 0.1) is 13.2 Å². The molecule has 1 aliphatic rings. The fraction of sp³-hybridized carbons (Fsp3) is 0.261.